The number of thioether (sulfide) groups is 1. The first kappa shape index (κ1) is 12.1. The molecular weight excluding hydrogens is 232 g/mol. The number of hydrogen-bond donors (Lipinski definition) is 3. The van der Waals surface area contributed by atoms with Gasteiger partial charge in [-0.3, -0.25) is 4.99 Å². The molecule has 16 heavy (non-hydrogen) atoms. The number of nitrogens with zero attached hydrogens (tertiary/aromatic N) is 2. The first-order chi connectivity index (χ1) is 7.54. The third kappa shape index (κ3) is 1.93. The molecule has 1 saturated heterocycles. The van der Waals surface area contributed by atoms with Crippen LogP contribution in [0.1, 0.15) is 0 Å². The van der Waals surface area contributed by atoms with Crippen molar-refractivity contribution in [3.05, 3.63) is 0 Å². The number of aliphatic hydroxyl groups is 3. The molecule has 0 radical (unpaired) electrons. The zero-order valence-electron chi connectivity index (χ0n) is 9.15. The molecule has 1 unspecified atom stereocenters. The zero-order valence-corrected chi connectivity index (χ0v) is 9.96. The first-order valence-electron chi connectivity index (χ1n) is 5.09. The number of rotatable bonds is 1. The van der Waals surface area contributed by atoms with Crippen molar-refractivity contribution in [1.29, 1.82) is 0 Å². The third-order valence-electron chi connectivity index (χ3n) is 2.71. The van der Waals surface area contributed by atoms with Gasteiger partial charge in [0.25, 0.3) is 0 Å². The molecular formula is C9H16N2O4S. The lowest BCUT2D eigenvalue weighted by Crippen LogP contribution is -2.55. The van der Waals surface area contributed by atoms with Gasteiger partial charge in [0.1, 0.15) is 29.8 Å². The van der Waals surface area contributed by atoms with Crippen LogP contribution in [0.5, 0.6) is 0 Å². The summed E-state index contributed by atoms with van der Waals surface area (Å²) in [4.78, 5) is 6.13. The molecule has 3 N–H and O–H groups in total. The second-order valence-corrected chi connectivity index (χ2v) is 5.19. The molecule has 2 heterocycles. The van der Waals surface area contributed by atoms with Crippen LogP contribution in [-0.2, 0) is 4.74 Å². The van der Waals surface area contributed by atoms with E-state index in [-0.39, 0.29) is 12.0 Å². The predicted molar refractivity (Wildman–Crippen MR) is 60.3 cm³/mol. The van der Waals surface area contributed by atoms with E-state index in [1.807, 2.05) is 19.0 Å². The van der Waals surface area contributed by atoms with Crippen molar-refractivity contribution in [2.24, 2.45) is 4.99 Å². The zero-order chi connectivity index (χ0) is 11.9. The Morgan fingerprint density at radius 2 is 2.06 bits per heavy atom. The van der Waals surface area contributed by atoms with E-state index in [2.05, 4.69) is 4.99 Å². The molecule has 0 amide bonds. The van der Waals surface area contributed by atoms with Gasteiger partial charge in [-0.25, -0.2) is 0 Å². The lowest BCUT2D eigenvalue weighted by Gasteiger charge is -2.37. The summed E-state index contributed by atoms with van der Waals surface area (Å²) in [5.74, 6) is 0. The molecule has 0 saturated carbocycles. The number of hydrogen-bond acceptors (Lipinski definition) is 7. The number of fused-ring (bicyclic) bond motifs is 1. The molecule has 0 aromatic heterocycles. The fourth-order valence-electron chi connectivity index (χ4n) is 1.78. The Morgan fingerprint density at radius 1 is 1.38 bits per heavy atom. The highest BCUT2D eigenvalue weighted by Gasteiger charge is 2.48. The summed E-state index contributed by atoms with van der Waals surface area (Å²) in [5.41, 5.74) is -0.326. The second kappa shape index (κ2) is 4.50. The fourth-order valence-corrected chi connectivity index (χ4v) is 2.95. The van der Waals surface area contributed by atoms with Gasteiger partial charge in [-0.15, -0.1) is 0 Å². The third-order valence-corrected chi connectivity index (χ3v) is 4.02. The summed E-state index contributed by atoms with van der Waals surface area (Å²) < 4.78 is 5.48. The minimum Gasteiger partial charge on any atom is -0.394 e. The van der Waals surface area contributed by atoms with Gasteiger partial charge in [-0.05, 0) is 0 Å². The van der Waals surface area contributed by atoms with Crippen LogP contribution in [0.15, 0.2) is 4.99 Å². The summed E-state index contributed by atoms with van der Waals surface area (Å²) in [6, 6.07) is -0.458. The van der Waals surface area contributed by atoms with E-state index >= 15 is 0 Å². The Morgan fingerprint density at radius 3 is 2.62 bits per heavy atom. The first-order valence-corrected chi connectivity index (χ1v) is 5.96. The second-order valence-electron chi connectivity index (χ2n) is 4.12. The van der Waals surface area contributed by atoms with Gasteiger partial charge in [0.05, 0.1) is 6.61 Å². The molecule has 2 rings (SSSR count). The Hall–Kier alpha value is -0.340. The van der Waals surface area contributed by atoms with Crippen molar-refractivity contribution in [3.8, 4) is 0 Å². The van der Waals surface area contributed by atoms with Crippen molar-refractivity contribution in [1.82, 2.24) is 4.90 Å². The standard InChI is InChI=1S/C9H16N2O4S/c1-11(2)9-10-5-7(14)6(13)4(3-12)15-8(5)16-9/h4-8,12-14H,3H2,1-2H3/t4?,5-,6-,7-,8-/m1/s1. The normalized spacial score (nSPS) is 42.8. The maximum absolute atomic E-state index is 9.87. The average Bonchev–Trinajstić information content (AvgIpc) is 2.67. The summed E-state index contributed by atoms with van der Waals surface area (Å²) in [6.45, 7) is -0.306. The minimum atomic E-state index is -1.09. The molecule has 92 valence electrons. The van der Waals surface area contributed by atoms with Gasteiger partial charge in [-0.2, -0.15) is 0 Å². The molecule has 1 fully saturated rings. The van der Waals surface area contributed by atoms with Crippen LogP contribution in [0.3, 0.4) is 0 Å². The van der Waals surface area contributed by atoms with Crippen LogP contribution in [-0.4, -0.2) is 75.9 Å². The molecule has 0 spiro atoms. The average molecular weight is 248 g/mol. The van der Waals surface area contributed by atoms with Crippen molar-refractivity contribution < 1.29 is 20.1 Å². The highest BCUT2D eigenvalue weighted by molar-refractivity contribution is 8.14. The molecule has 2 aliphatic rings. The highest BCUT2D eigenvalue weighted by atomic mass is 32.2. The smallest absolute Gasteiger partial charge is 0.161 e. The Bertz CT molecular complexity index is 299. The molecule has 7 heteroatoms. The van der Waals surface area contributed by atoms with Crippen molar-refractivity contribution in [2.45, 2.75) is 29.8 Å². The molecule has 6 nitrogen and oxygen atoms in total. The quantitative estimate of drug-likeness (QED) is 0.521. The number of amidine groups is 1. The monoisotopic (exact) mass is 248 g/mol. The van der Waals surface area contributed by atoms with Gasteiger partial charge in [-0.1, -0.05) is 11.8 Å². The van der Waals surface area contributed by atoms with E-state index < -0.39 is 24.4 Å². The van der Waals surface area contributed by atoms with Gasteiger partial charge in [0.2, 0.25) is 0 Å². The highest BCUT2D eigenvalue weighted by Crippen LogP contribution is 2.36. The van der Waals surface area contributed by atoms with Crippen molar-refractivity contribution in [2.75, 3.05) is 20.7 Å². The summed E-state index contributed by atoms with van der Waals surface area (Å²) in [5, 5.41) is 29.3. The van der Waals surface area contributed by atoms with E-state index in [4.69, 9.17) is 9.84 Å². The number of aliphatic imine (C=N–C) groups is 1. The topological polar surface area (TPSA) is 85.5 Å². The van der Waals surface area contributed by atoms with E-state index in [0.717, 1.165) is 5.17 Å². The van der Waals surface area contributed by atoms with Gasteiger partial charge in [0.15, 0.2) is 5.17 Å². The van der Waals surface area contributed by atoms with Crippen LogP contribution in [0.2, 0.25) is 0 Å². The van der Waals surface area contributed by atoms with E-state index in [0.29, 0.717) is 0 Å². The lowest BCUT2D eigenvalue weighted by atomic mass is 9.99. The van der Waals surface area contributed by atoms with Crippen LogP contribution in [0, 0.1) is 0 Å². The number of aliphatic hydroxyl groups excluding tert-OH is 3. The van der Waals surface area contributed by atoms with Gasteiger partial charge in [0, 0.05) is 14.1 Å². The maximum Gasteiger partial charge on any atom is 0.161 e. The van der Waals surface area contributed by atoms with Crippen LogP contribution in [0.4, 0.5) is 0 Å². The molecule has 0 aromatic carbocycles. The van der Waals surface area contributed by atoms with Crippen LogP contribution in [0.25, 0.3) is 0 Å². The van der Waals surface area contributed by atoms with E-state index in [9.17, 15) is 10.2 Å². The lowest BCUT2D eigenvalue weighted by molar-refractivity contribution is -0.164. The minimum absolute atomic E-state index is 0.306. The molecule has 0 aromatic rings. The van der Waals surface area contributed by atoms with Crippen LogP contribution >= 0.6 is 11.8 Å². The largest absolute Gasteiger partial charge is 0.394 e. The van der Waals surface area contributed by atoms with E-state index in [1.165, 1.54) is 11.8 Å². The van der Waals surface area contributed by atoms with Gasteiger partial charge < -0.3 is 25.0 Å². The predicted octanol–water partition coefficient (Wildman–Crippen LogP) is -1.54. The molecule has 0 bridgehead atoms. The Labute approximate surface area is 97.9 Å². The van der Waals surface area contributed by atoms with Crippen molar-refractivity contribution in [3.63, 3.8) is 0 Å². The van der Waals surface area contributed by atoms with Crippen LogP contribution < -0.4 is 0 Å². The summed E-state index contributed by atoms with van der Waals surface area (Å²) >= 11 is 1.40. The van der Waals surface area contributed by atoms with E-state index in [1.54, 1.807) is 0 Å². The maximum atomic E-state index is 9.87. The summed E-state index contributed by atoms with van der Waals surface area (Å²) in [6.07, 6.45) is -2.81. The van der Waals surface area contributed by atoms with Gasteiger partial charge >= 0.3 is 0 Å². The molecule has 5 atom stereocenters. The Kier molecular flexibility index (Phi) is 3.41. The Balaban J connectivity index is 2.14. The fraction of sp³-hybridized carbons (Fsp3) is 0.889. The van der Waals surface area contributed by atoms with Crippen molar-refractivity contribution >= 4 is 16.9 Å². The number of ether oxygens (including phenoxy) is 1. The SMILES string of the molecule is CN(C)C1=N[C@@H]2[C@@H](O)[C@H](O)C(CO)O[C@@H]2S1. The molecule has 2 aliphatic heterocycles. The molecule has 0 aliphatic carbocycles. The summed E-state index contributed by atoms with van der Waals surface area (Å²) in [7, 11) is 3.71.